The number of aryl methyl sites for hydroxylation is 1. The maximum atomic E-state index is 13.2. The Morgan fingerprint density at radius 3 is 2.62 bits per heavy atom. The highest BCUT2D eigenvalue weighted by atomic mass is 19.1. The lowest BCUT2D eigenvalue weighted by Crippen LogP contribution is -2.31. The fourth-order valence-electron chi connectivity index (χ4n) is 3.27. The van der Waals surface area contributed by atoms with Crippen molar-refractivity contribution in [1.29, 1.82) is 0 Å². The molecule has 7 heteroatoms. The Morgan fingerprint density at radius 1 is 1.17 bits per heavy atom. The number of amides is 1. The molecule has 0 fully saturated rings. The van der Waals surface area contributed by atoms with Gasteiger partial charge in [0.2, 0.25) is 0 Å². The van der Waals surface area contributed by atoms with Gasteiger partial charge in [0.15, 0.2) is 0 Å². The topological polar surface area (TPSA) is 77.4 Å². The quantitative estimate of drug-likeness (QED) is 0.412. The maximum Gasteiger partial charge on any atom is 0.333 e. The molecule has 3 aromatic rings. The van der Waals surface area contributed by atoms with Gasteiger partial charge in [-0.25, -0.2) is 9.18 Å². The third kappa shape index (κ3) is 3.80. The Bertz CT molecular complexity index is 1180. The second-order valence-electron chi connectivity index (χ2n) is 6.88. The minimum absolute atomic E-state index is 0.0661. The first-order valence-corrected chi connectivity index (χ1v) is 8.97. The number of ketones is 1. The van der Waals surface area contributed by atoms with E-state index in [2.05, 4.69) is 5.32 Å². The summed E-state index contributed by atoms with van der Waals surface area (Å²) in [5, 5.41) is 3.07. The molecule has 1 amide bonds. The van der Waals surface area contributed by atoms with Crippen molar-refractivity contribution < 1.29 is 23.5 Å². The van der Waals surface area contributed by atoms with Gasteiger partial charge in [0, 0.05) is 29.7 Å². The normalized spacial score (nSPS) is 13.3. The monoisotopic (exact) mass is 392 g/mol. The molecule has 146 valence electrons. The molecule has 0 bridgehead atoms. The number of cyclic esters (lactones) is 1. The van der Waals surface area contributed by atoms with E-state index in [9.17, 15) is 18.8 Å². The molecule has 0 aliphatic carbocycles. The van der Waals surface area contributed by atoms with Crippen molar-refractivity contribution in [2.75, 3.05) is 6.61 Å². The minimum Gasteiger partial charge on any atom is -0.456 e. The number of Topliss-reactive ketones (excluding diaryl/α,β-unsaturated/α-hetero) is 1. The number of hydrogen-bond donors (Lipinski definition) is 1. The summed E-state index contributed by atoms with van der Waals surface area (Å²) in [6, 6.07) is 11.7. The summed E-state index contributed by atoms with van der Waals surface area (Å²) < 4.78 is 19.8. The number of hydrogen-bond acceptors (Lipinski definition) is 4. The Kier molecular flexibility index (Phi) is 4.72. The number of carbonyl (C=O) groups is 3. The van der Waals surface area contributed by atoms with Crippen LogP contribution in [0.15, 0.2) is 60.4 Å². The van der Waals surface area contributed by atoms with Crippen molar-refractivity contribution in [3.05, 3.63) is 82.9 Å². The van der Waals surface area contributed by atoms with Crippen molar-refractivity contribution >= 4 is 28.6 Å². The summed E-state index contributed by atoms with van der Waals surface area (Å²) in [5.74, 6) is -2.43. The SMILES string of the molecule is Cc1ccc2c(C(=O)C(=O)NC3=CC(=O)OC3)cn(Cc3ccc(F)cc3)c2c1. The van der Waals surface area contributed by atoms with Crippen LogP contribution in [0.2, 0.25) is 0 Å². The van der Waals surface area contributed by atoms with E-state index in [0.29, 0.717) is 11.9 Å². The van der Waals surface area contributed by atoms with E-state index in [1.54, 1.807) is 24.4 Å². The summed E-state index contributed by atoms with van der Waals surface area (Å²) >= 11 is 0. The van der Waals surface area contributed by atoms with Gasteiger partial charge in [-0.2, -0.15) is 0 Å². The standard InChI is InChI=1S/C22H17FN2O4/c1-13-2-7-17-18(21(27)22(28)24-16-9-20(26)29-12-16)11-25(19(17)8-13)10-14-3-5-15(23)6-4-14/h2-9,11H,10,12H2,1H3,(H,24,28). The fourth-order valence-corrected chi connectivity index (χ4v) is 3.27. The number of benzene rings is 2. The van der Waals surface area contributed by atoms with E-state index in [0.717, 1.165) is 22.7 Å². The molecule has 6 nitrogen and oxygen atoms in total. The minimum atomic E-state index is -0.837. The third-order valence-corrected chi connectivity index (χ3v) is 4.69. The number of aromatic nitrogens is 1. The van der Waals surface area contributed by atoms with Gasteiger partial charge in [0.1, 0.15) is 12.4 Å². The van der Waals surface area contributed by atoms with Gasteiger partial charge in [-0.15, -0.1) is 0 Å². The van der Waals surface area contributed by atoms with Crippen molar-refractivity contribution in [2.24, 2.45) is 0 Å². The number of ether oxygens (including phenoxy) is 1. The molecular formula is C22H17FN2O4. The van der Waals surface area contributed by atoms with E-state index in [-0.39, 0.29) is 23.7 Å². The zero-order chi connectivity index (χ0) is 20.5. The summed E-state index contributed by atoms with van der Waals surface area (Å²) in [6.07, 6.45) is 2.77. The number of halogens is 1. The molecule has 2 heterocycles. The molecule has 1 aliphatic rings. The second kappa shape index (κ2) is 7.35. The molecule has 2 aromatic carbocycles. The van der Waals surface area contributed by atoms with Crippen LogP contribution in [0.25, 0.3) is 10.9 Å². The molecule has 4 rings (SSSR count). The Morgan fingerprint density at radius 2 is 1.93 bits per heavy atom. The third-order valence-electron chi connectivity index (χ3n) is 4.69. The van der Waals surface area contributed by atoms with Gasteiger partial charge >= 0.3 is 5.97 Å². The van der Waals surface area contributed by atoms with Gasteiger partial charge < -0.3 is 14.6 Å². The van der Waals surface area contributed by atoms with Gasteiger partial charge in [-0.1, -0.05) is 24.3 Å². The number of rotatable bonds is 5. The maximum absolute atomic E-state index is 13.2. The second-order valence-corrected chi connectivity index (χ2v) is 6.88. The summed E-state index contributed by atoms with van der Waals surface area (Å²) in [4.78, 5) is 36.3. The largest absolute Gasteiger partial charge is 0.456 e. The Hall–Kier alpha value is -3.74. The molecule has 0 atom stereocenters. The average molecular weight is 392 g/mol. The molecule has 0 spiro atoms. The van der Waals surface area contributed by atoms with Crippen LogP contribution in [0, 0.1) is 12.7 Å². The van der Waals surface area contributed by atoms with Crippen LogP contribution >= 0.6 is 0 Å². The van der Waals surface area contributed by atoms with E-state index in [4.69, 9.17) is 4.74 Å². The Labute approximate surface area is 165 Å². The van der Waals surface area contributed by atoms with Gasteiger partial charge in [-0.05, 0) is 36.2 Å². The molecule has 0 saturated heterocycles. The first kappa shape index (κ1) is 18.6. The lowest BCUT2D eigenvalue weighted by molar-refractivity contribution is -0.135. The highest BCUT2D eigenvalue weighted by Crippen LogP contribution is 2.24. The van der Waals surface area contributed by atoms with Crippen LogP contribution in [-0.2, 0) is 20.9 Å². The molecule has 29 heavy (non-hydrogen) atoms. The summed E-state index contributed by atoms with van der Waals surface area (Å²) in [7, 11) is 0. The van der Waals surface area contributed by atoms with Crippen molar-refractivity contribution in [1.82, 2.24) is 9.88 Å². The average Bonchev–Trinajstić information content (AvgIpc) is 3.26. The van der Waals surface area contributed by atoms with Crippen LogP contribution < -0.4 is 5.32 Å². The molecule has 0 unspecified atom stereocenters. The molecule has 0 radical (unpaired) electrons. The molecule has 0 saturated carbocycles. The van der Waals surface area contributed by atoms with E-state index in [1.165, 1.54) is 12.1 Å². The molecular weight excluding hydrogens is 375 g/mol. The predicted octanol–water partition coefficient (Wildman–Crippen LogP) is 2.88. The van der Waals surface area contributed by atoms with E-state index in [1.807, 2.05) is 23.6 Å². The number of fused-ring (bicyclic) bond motifs is 1. The number of nitrogens with zero attached hydrogens (tertiary/aromatic N) is 1. The van der Waals surface area contributed by atoms with Gasteiger partial charge in [0.05, 0.1) is 11.3 Å². The van der Waals surface area contributed by atoms with Crippen LogP contribution in [0.4, 0.5) is 4.39 Å². The van der Waals surface area contributed by atoms with Crippen LogP contribution in [-0.4, -0.2) is 28.8 Å². The molecule has 1 N–H and O–H groups in total. The van der Waals surface area contributed by atoms with Crippen molar-refractivity contribution in [2.45, 2.75) is 13.5 Å². The highest BCUT2D eigenvalue weighted by molar-refractivity contribution is 6.45. The number of carbonyl (C=O) groups excluding carboxylic acids is 3. The zero-order valence-corrected chi connectivity index (χ0v) is 15.6. The van der Waals surface area contributed by atoms with Crippen molar-refractivity contribution in [3.63, 3.8) is 0 Å². The summed E-state index contributed by atoms with van der Waals surface area (Å²) in [6.45, 7) is 2.29. The molecule has 1 aromatic heterocycles. The number of esters is 1. The first-order chi connectivity index (χ1) is 13.9. The van der Waals surface area contributed by atoms with Crippen molar-refractivity contribution in [3.8, 4) is 0 Å². The Balaban J connectivity index is 1.68. The predicted molar refractivity (Wildman–Crippen MR) is 104 cm³/mol. The smallest absolute Gasteiger partial charge is 0.333 e. The lowest BCUT2D eigenvalue weighted by atomic mass is 10.1. The van der Waals surface area contributed by atoms with Gasteiger partial charge in [0.25, 0.3) is 11.7 Å². The lowest BCUT2D eigenvalue weighted by Gasteiger charge is -2.06. The highest BCUT2D eigenvalue weighted by Gasteiger charge is 2.24. The van der Waals surface area contributed by atoms with Crippen LogP contribution in [0.5, 0.6) is 0 Å². The molecule has 1 aliphatic heterocycles. The fraction of sp³-hybridized carbons (Fsp3) is 0.136. The van der Waals surface area contributed by atoms with Crippen LogP contribution in [0.3, 0.4) is 0 Å². The van der Waals surface area contributed by atoms with Crippen LogP contribution in [0.1, 0.15) is 21.5 Å². The first-order valence-electron chi connectivity index (χ1n) is 8.97. The number of nitrogens with one attached hydrogen (secondary N) is 1. The van der Waals surface area contributed by atoms with Gasteiger partial charge in [-0.3, -0.25) is 9.59 Å². The zero-order valence-electron chi connectivity index (χ0n) is 15.6. The summed E-state index contributed by atoms with van der Waals surface area (Å²) in [5.41, 5.74) is 3.17. The van der Waals surface area contributed by atoms with E-state index < -0.39 is 17.7 Å². The van der Waals surface area contributed by atoms with E-state index >= 15 is 0 Å².